The predicted molar refractivity (Wildman–Crippen MR) is 82.0 cm³/mol. The molecule has 3 aromatic rings. The number of ether oxygens (including phenoxy) is 1. The second-order valence-corrected chi connectivity index (χ2v) is 4.99. The van der Waals surface area contributed by atoms with Gasteiger partial charge in [0, 0.05) is 6.07 Å². The molecule has 0 aliphatic carbocycles. The molecule has 0 radical (unpaired) electrons. The number of hydrogen-bond acceptors (Lipinski definition) is 7. The largest absolute Gasteiger partial charge is 0.453 e. The van der Waals surface area contributed by atoms with Crippen LogP contribution in [0.3, 0.4) is 0 Å². The Labute approximate surface area is 135 Å². The van der Waals surface area contributed by atoms with Gasteiger partial charge in [-0.3, -0.25) is 9.36 Å². The van der Waals surface area contributed by atoms with E-state index < -0.39 is 5.97 Å². The van der Waals surface area contributed by atoms with Crippen LogP contribution in [0.2, 0.25) is 0 Å². The molecule has 0 atom stereocenters. The highest BCUT2D eigenvalue weighted by Gasteiger charge is 2.16. The van der Waals surface area contributed by atoms with E-state index in [-0.39, 0.29) is 30.2 Å². The Kier molecular flexibility index (Phi) is 4.07. The van der Waals surface area contributed by atoms with Gasteiger partial charge in [-0.2, -0.15) is 5.26 Å². The van der Waals surface area contributed by atoms with E-state index >= 15 is 0 Å². The van der Waals surface area contributed by atoms with E-state index in [0.29, 0.717) is 16.7 Å². The minimum atomic E-state index is -0.697. The van der Waals surface area contributed by atoms with Gasteiger partial charge in [-0.25, -0.2) is 9.78 Å². The van der Waals surface area contributed by atoms with Gasteiger partial charge < -0.3 is 9.26 Å². The number of aryl methyl sites for hydroxylation is 1. The molecule has 0 bridgehead atoms. The first-order valence-electron chi connectivity index (χ1n) is 7.06. The SMILES string of the molecule is Cc1cc(C(=O)OCc2nc3ccccc3c(=O)n2CC#N)no1. The Morgan fingerprint density at radius 3 is 2.92 bits per heavy atom. The Morgan fingerprint density at radius 2 is 2.21 bits per heavy atom. The fourth-order valence-electron chi connectivity index (χ4n) is 2.22. The number of hydrogen-bond donors (Lipinski definition) is 0. The maximum absolute atomic E-state index is 12.5. The van der Waals surface area contributed by atoms with E-state index in [1.54, 1.807) is 31.2 Å². The fraction of sp³-hybridized carbons (Fsp3) is 0.188. The zero-order valence-electron chi connectivity index (χ0n) is 12.7. The van der Waals surface area contributed by atoms with Crippen LogP contribution in [0.1, 0.15) is 22.1 Å². The van der Waals surface area contributed by atoms with Gasteiger partial charge in [0.15, 0.2) is 11.5 Å². The molecular formula is C16H12N4O4. The van der Waals surface area contributed by atoms with Crippen molar-refractivity contribution in [1.29, 1.82) is 5.26 Å². The van der Waals surface area contributed by atoms with E-state index in [1.807, 2.05) is 6.07 Å². The quantitative estimate of drug-likeness (QED) is 0.670. The minimum absolute atomic E-state index is 0.0301. The summed E-state index contributed by atoms with van der Waals surface area (Å²) in [5, 5.41) is 12.9. The molecule has 0 unspecified atom stereocenters. The van der Waals surface area contributed by atoms with Gasteiger partial charge in [0.05, 0.1) is 17.0 Å². The summed E-state index contributed by atoms with van der Waals surface area (Å²) in [7, 11) is 0. The number of nitrogens with zero attached hydrogens (tertiary/aromatic N) is 4. The number of benzene rings is 1. The van der Waals surface area contributed by atoms with Crippen molar-refractivity contribution in [2.75, 3.05) is 0 Å². The van der Waals surface area contributed by atoms with Crippen LogP contribution in [0.15, 0.2) is 39.6 Å². The highest BCUT2D eigenvalue weighted by Crippen LogP contribution is 2.10. The number of carbonyl (C=O) groups excluding carboxylic acids is 1. The zero-order chi connectivity index (χ0) is 17.1. The third-order valence-electron chi connectivity index (χ3n) is 3.34. The number of carbonyl (C=O) groups is 1. The van der Waals surface area contributed by atoms with Gasteiger partial charge in [-0.15, -0.1) is 0 Å². The third kappa shape index (κ3) is 2.87. The van der Waals surface area contributed by atoms with Crippen molar-refractivity contribution in [3.05, 3.63) is 58.0 Å². The molecule has 0 spiro atoms. The highest BCUT2D eigenvalue weighted by molar-refractivity contribution is 5.87. The molecule has 0 saturated carbocycles. The van der Waals surface area contributed by atoms with Crippen LogP contribution in [0.25, 0.3) is 10.9 Å². The molecule has 0 aliphatic rings. The topological polar surface area (TPSA) is 111 Å². The number of nitriles is 1. The number of fused-ring (bicyclic) bond motifs is 1. The molecule has 0 N–H and O–H groups in total. The average Bonchev–Trinajstić information content (AvgIpc) is 3.02. The lowest BCUT2D eigenvalue weighted by Crippen LogP contribution is -2.26. The van der Waals surface area contributed by atoms with Crippen molar-refractivity contribution >= 4 is 16.9 Å². The van der Waals surface area contributed by atoms with E-state index in [2.05, 4.69) is 10.1 Å². The smallest absolute Gasteiger partial charge is 0.360 e. The first-order chi connectivity index (χ1) is 11.6. The molecule has 24 heavy (non-hydrogen) atoms. The van der Waals surface area contributed by atoms with Crippen molar-refractivity contribution in [3.8, 4) is 6.07 Å². The lowest BCUT2D eigenvalue weighted by Gasteiger charge is -2.10. The molecule has 2 heterocycles. The maximum Gasteiger partial charge on any atom is 0.360 e. The molecule has 0 fully saturated rings. The van der Waals surface area contributed by atoms with Crippen molar-refractivity contribution in [2.45, 2.75) is 20.1 Å². The normalized spacial score (nSPS) is 10.5. The molecule has 0 amide bonds. The monoisotopic (exact) mass is 324 g/mol. The third-order valence-corrected chi connectivity index (χ3v) is 3.34. The number of esters is 1. The summed E-state index contributed by atoms with van der Waals surface area (Å²) in [6, 6.07) is 10.1. The van der Waals surface area contributed by atoms with E-state index in [0.717, 1.165) is 0 Å². The average molecular weight is 324 g/mol. The lowest BCUT2D eigenvalue weighted by atomic mass is 10.2. The predicted octanol–water partition coefficient (Wildman–Crippen LogP) is 1.57. The van der Waals surface area contributed by atoms with Crippen LogP contribution in [0.5, 0.6) is 0 Å². The molecule has 120 valence electrons. The van der Waals surface area contributed by atoms with E-state index in [9.17, 15) is 9.59 Å². The first-order valence-corrected chi connectivity index (χ1v) is 7.06. The van der Waals surface area contributed by atoms with Crippen LogP contribution in [0, 0.1) is 18.3 Å². The van der Waals surface area contributed by atoms with Gasteiger partial charge in [-0.1, -0.05) is 17.3 Å². The van der Waals surface area contributed by atoms with E-state index in [4.69, 9.17) is 14.5 Å². The zero-order valence-corrected chi connectivity index (χ0v) is 12.7. The second kappa shape index (κ2) is 6.34. The van der Waals surface area contributed by atoms with Crippen LogP contribution >= 0.6 is 0 Å². The fourth-order valence-corrected chi connectivity index (χ4v) is 2.22. The Balaban J connectivity index is 1.93. The van der Waals surface area contributed by atoms with Gasteiger partial charge in [0.1, 0.15) is 18.9 Å². The van der Waals surface area contributed by atoms with Gasteiger partial charge in [0.2, 0.25) is 0 Å². The van der Waals surface area contributed by atoms with Crippen LogP contribution in [-0.2, 0) is 17.9 Å². The summed E-state index contributed by atoms with van der Waals surface area (Å²) >= 11 is 0. The van der Waals surface area contributed by atoms with Crippen LogP contribution in [-0.4, -0.2) is 20.7 Å². The van der Waals surface area contributed by atoms with Crippen molar-refractivity contribution in [1.82, 2.24) is 14.7 Å². The Hall–Kier alpha value is -3.47. The summed E-state index contributed by atoms with van der Waals surface area (Å²) < 4.78 is 11.1. The second-order valence-electron chi connectivity index (χ2n) is 4.99. The molecule has 0 aliphatic heterocycles. The first kappa shape index (κ1) is 15.4. The minimum Gasteiger partial charge on any atom is -0.453 e. The maximum atomic E-state index is 12.5. The molecule has 0 saturated heterocycles. The highest BCUT2D eigenvalue weighted by atomic mass is 16.5. The molecule has 1 aromatic carbocycles. The molecular weight excluding hydrogens is 312 g/mol. The van der Waals surface area contributed by atoms with Crippen LogP contribution in [0.4, 0.5) is 0 Å². The van der Waals surface area contributed by atoms with Crippen molar-refractivity contribution in [3.63, 3.8) is 0 Å². The molecule has 8 heteroatoms. The molecule has 2 aromatic heterocycles. The summed E-state index contributed by atoms with van der Waals surface area (Å²) in [5.41, 5.74) is 0.146. The van der Waals surface area contributed by atoms with Gasteiger partial charge in [0.25, 0.3) is 5.56 Å². The number of aromatic nitrogens is 3. The Morgan fingerprint density at radius 1 is 1.42 bits per heavy atom. The van der Waals surface area contributed by atoms with Crippen molar-refractivity contribution in [2.24, 2.45) is 0 Å². The van der Waals surface area contributed by atoms with Crippen LogP contribution < -0.4 is 5.56 Å². The summed E-state index contributed by atoms with van der Waals surface area (Å²) in [6.45, 7) is 1.21. The lowest BCUT2D eigenvalue weighted by molar-refractivity contribution is 0.0445. The Bertz CT molecular complexity index is 1010. The standard InChI is InChI=1S/C16H12N4O4/c1-10-8-13(19-24-10)16(22)23-9-14-18-12-5-3-2-4-11(12)15(21)20(14)7-6-17/h2-5,8H,7,9H2,1H3. The summed E-state index contributed by atoms with van der Waals surface area (Å²) in [6.07, 6.45) is 0. The van der Waals surface area contributed by atoms with Crippen molar-refractivity contribution < 1.29 is 14.1 Å². The van der Waals surface area contributed by atoms with Gasteiger partial charge >= 0.3 is 5.97 Å². The summed E-state index contributed by atoms with van der Waals surface area (Å²) in [5.74, 6) is -0.0289. The number of rotatable bonds is 4. The van der Waals surface area contributed by atoms with E-state index in [1.165, 1.54) is 10.6 Å². The number of para-hydroxylation sites is 1. The summed E-state index contributed by atoms with van der Waals surface area (Å²) in [4.78, 5) is 28.7. The van der Waals surface area contributed by atoms with Gasteiger partial charge in [-0.05, 0) is 19.1 Å². The molecule has 3 rings (SSSR count). The molecule has 8 nitrogen and oxygen atoms in total.